The van der Waals surface area contributed by atoms with Crippen molar-refractivity contribution in [2.45, 2.75) is 26.0 Å². The van der Waals surface area contributed by atoms with Gasteiger partial charge in [-0.1, -0.05) is 18.5 Å². The Kier molecular flexibility index (Phi) is 5.66. The number of nitrogens with zero attached hydrogens (tertiary/aromatic N) is 1. The lowest BCUT2D eigenvalue weighted by Crippen LogP contribution is -2.44. The van der Waals surface area contributed by atoms with Crippen LogP contribution in [0.15, 0.2) is 18.2 Å². The zero-order valence-electron chi connectivity index (χ0n) is 12.1. The Morgan fingerprint density at radius 3 is 3.05 bits per heavy atom. The summed E-state index contributed by atoms with van der Waals surface area (Å²) in [5.41, 5.74) is 6.89. The SMILES string of the molecule is CCN1CCOC(COc2ccc(Cl)cc2C(C)N)C1. The number of likely N-dealkylation sites (N-methyl/N-ethyl adjacent to an activating group) is 1. The molecule has 1 aromatic carbocycles. The van der Waals surface area contributed by atoms with Crippen LogP contribution in [-0.2, 0) is 4.74 Å². The number of hydrogen-bond donors (Lipinski definition) is 1. The van der Waals surface area contributed by atoms with Crippen LogP contribution in [0.4, 0.5) is 0 Å². The highest BCUT2D eigenvalue weighted by Crippen LogP contribution is 2.27. The van der Waals surface area contributed by atoms with E-state index in [9.17, 15) is 0 Å². The van der Waals surface area contributed by atoms with Crippen molar-refractivity contribution < 1.29 is 9.47 Å². The molecule has 0 aromatic heterocycles. The van der Waals surface area contributed by atoms with Crippen molar-refractivity contribution in [3.63, 3.8) is 0 Å². The van der Waals surface area contributed by atoms with Gasteiger partial charge in [0.15, 0.2) is 0 Å². The Morgan fingerprint density at radius 1 is 1.55 bits per heavy atom. The monoisotopic (exact) mass is 298 g/mol. The van der Waals surface area contributed by atoms with Gasteiger partial charge in [-0.15, -0.1) is 0 Å². The first-order valence-electron chi connectivity index (χ1n) is 7.12. The van der Waals surface area contributed by atoms with Crippen molar-refractivity contribution in [2.24, 2.45) is 5.73 Å². The first-order valence-corrected chi connectivity index (χ1v) is 7.49. The summed E-state index contributed by atoms with van der Waals surface area (Å²) in [5.74, 6) is 0.793. The van der Waals surface area contributed by atoms with Crippen LogP contribution in [0.25, 0.3) is 0 Å². The van der Waals surface area contributed by atoms with E-state index in [1.165, 1.54) is 0 Å². The number of nitrogens with two attached hydrogens (primary N) is 1. The van der Waals surface area contributed by atoms with Crippen LogP contribution in [0.2, 0.25) is 5.02 Å². The quantitative estimate of drug-likeness (QED) is 0.907. The first kappa shape index (κ1) is 15.6. The van der Waals surface area contributed by atoms with Crippen LogP contribution in [0.1, 0.15) is 25.5 Å². The molecule has 0 bridgehead atoms. The number of morpholine rings is 1. The average Bonchev–Trinajstić information content (AvgIpc) is 2.46. The van der Waals surface area contributed by atoms with Gasteiger partial charge in [0.05, 0.1) is 6.61 Å². The van der Waals surface area contributed by atoms with Gasteiger partial charge in [0.1, 0.15) is 18.5 Å². The fraction of sp³-hybridized carbons (Fsp3) is 0.600. The third kappa shape index (κ3) is 4.09. The molecule has 1 heterocycles. The van der Waals surface area contributed by atoms with Gasteiger partial charge in [-0.05, 0) is 31.7 Å². The minimum absolute atomic E-state index is 0.108. The molecule has 4 nitrogen and oxygen atoms in total. The second kappa shape index (κ2) is 7.27. The Labute approximate surface area is 125 Å². The Balaban J connectivity index is 1.96. The summed E-state index contributed by atoms with van der Waals surface area (Å²) in [6.45, 7) is 8.36. The van der Waals surface area contributed by atoms with Crippen molar-refractivity contribution in [2.75, 3.05) is 32.8 Å². The second-order valence-corrected chi connectivity index (χ2v) is 5.60. The summed E-state index contributed by atoms with van der Waals surface area (Å²) < 4.78 is 11.6. The highest BCUT2D eigenvalue weighted by Gasteiger charge is 2.20. The molecule has 1 aliphatic rings. The Bertz CT molecular complexity index is 440. The third-order valence-electron chi connectivity index (χ3n) is 3.56. The minimum Gasteiger partial charge on any atom is -0.490 e. The topological polar surface area (TPSA) is 47.7 Å². The van der Waals surface area contributed by atoms with E-state index in [0.29, 0.717) is 11.6 Å². The van der Waals surface area contributed by atoms with Gasteiger partial charge in [-0.3, -0.25) is 4.90 Å². The molecule has 1 aromatic rings. The normalized spacial score (nSPS) is 21.7. The summed E-state index contributed by atoms with van der Waals surface area (Å²) in [6.07, 6.45) is 0.111. The van der Waals surface area contributed by atoms with Crippen LogP contribution in [0.3, 0.4) is 0 Å². The maximum atomic E-state index is 6.01. The van der Waals surface area contributed by atoms with E-state index in [2.05, 4.69) is 11.8 Å². The lowest BCUT2D eigenvalue weighted by molar-refractivity contribution is -0.0465. The molecule has 2 N–H and O–H groups in total. The molecule has 0 radical (unpaired) electrons. The summed E-state index contributed by atoms with van der Waals surface area (Å²) in [6, 6.07) is 5.45. The summed E-state index contributed by atoms with van der Waals surface area (Å²) in [7, 11) is 0. The third-order valence-corrected chi connectivity index (χ3v) is 3.79. The molecule has 5 heteroatoms. The summed E-state index contributed by atoms with van der Waals surface area (Å²) in [4.78, 5) is 2.37. The molecule has 0 aliphatic carbocycles. The number of rotatable bonds is 5. The molecule has 0 amide bonds. The molecule has 2 rings (SSSR count). The predicted molar refractivity (Wildman–Crippen MR) is 81.4 cm³/mol. The summed E-state index contributed by atoms with van der Waals surface area (Å²) in [5, 5.41) is 0.677. The van der Waals surface area contributed by atoms with Crippen molar-refractivity contribution in [1.82, 2.24) is 4.90 Å². The van der Waals surface area contributed by atoms with Gasteiger partial charge >= 0.3 is 0 Å². The number of ether oxygens (including phenoxy) is 2. The molecule has 0 saturated carbocycles. The van der Waals surface area contributed by atoms with Crippen molar-refractivity contribution in [3.8, 4) is 5.75 Å². The van der Waals surface area contributed by atoms with Gasteiger partial charge in [0.25, 0.3) is 0 Å². The minimum atomic E-state index is -0.108. The lowest BCUT2D eigenvalue weighted by atomic mass is 10.1. The zero-order chi connectivity index (χ0) is 14.5. The molecule has 2 unspecified atom stereocenters. The zero-order valence-corrected chi connectivity index (χ0v) is 12.9. The number of hydrogen-bond acceptors (Lipinski definition) is 4. The molecule has 0 spiro atoms. The van der Waals surface area contributed by atoms with Crippen molar-refractivity contribution >= 4 is 11.6 Å². The molecule has 1 fully saturated rings. The molecule has 1 saturated heterocycles. The van der Waals surface area contributed by atoms with Crippen LogP contribution in [-0.4, -0.2) is 43.9 Å². The van der Waals surface area contributed by atoms with E-state index in [1.807, 2.05) is 25.1 Å². The van der Waals surface area contributed by atoms with E-state index >= 15 is 0 Å². The molecule has 112 valence electrons. The molecule has 20 heavy (non-hydrogen) atoms. The average molecular weight is 299 g/mol. The van der Waals surface area contributed by atoms with Crippen LogP contribution >= 0.6 is 11.6 Å². The molecular formula is C15H23ClN2O2. The molecule has 2 atom stereocenters. The van der Waals surface area contributed by atoms with Gasteiger partial charge in [0.2, 0.25) is 0 Å². The van der Waals surface area contributed by atoms with E-state index in [0.717, 1.165) is 37.6 Å². The number of benzene rings is 1. The predicted octanol–water partition coefficient (Wildman–Crippen LogP) is 2.46. The Morgan fingerprint density at radius 2 is 2.35 bits per heavy atom. The highest BCUT2D eigenvalue weighted by atomic mass is 35.5. The van der Waals surface area contributed by atoms with Gasteiger partial charge in [-0.25, -0.2) is 0 Å². The van der Waals surface area contributed by atoms with Gasteiger partial charge < -0.3 is 15.2 Å². The van der Waals surface area contributed by atoms with Crippen LogP contribution in [0, 0.1) is 0 Å². The highest BCUT2D eigenvalue weighted by molar-refractivity contribution is 6.30. The lowest BCUT2D eigenvalue weighted by Gasteiger charge is -2.32. The number of halogens is 1. The molecule has 1 aliphatic heterocycles. The Hall–Kier alpha value is -0.810. The molecular weight excluding hydrogens is 276 g/mol. The van der Waals surface area contributed by atoms with E-state index < -0.39 is 0 Å². The fourth-order valence-corrected chi connectivity index (χ4v) is 2.54. The van der Waals surface area contributed by atoms with Gasteiger partial charge in [0, 0.05) is 29.7 Å². The van der Waals surface area contributed by atoms with E-state index in [4.69, 9.17) is 26.8 Å². The van der Waals surface area contributed by atoms with E-state index in [1.54, 1.807) is 0 Å². The maximum absolute atomic E-state index is 6.01. The summed E-state index contributed by atoms with van der Waals surface area (Å²) >= 11 is 6.01. The standard InChI is InChI=1S/C15H23ClN2O2/c1-3-18-6-7-19-13(9-18)10-20-15-5-4-12(16)8-14(15)11(2)17/h4-5,8,11,13H,3,6-7,9-10,17H2,1-2H3. The van der Waals surface area contributed by atoms with Gasteiger partial charge in [-0.2, -0.15) is 0 Å². The smallest absolute Gasteiger partial charge is 0.124 e. The van der Waals surface area contributed by atoms with E-state index in [-0.39, 0.29) is 12.1 Å². The largest absolute Gasteiger partial charge is 0.490 e. The van der Waals surface area contributed by atoms with Crippen molar-refractivity contribution in [3.05, 3.63) is 28.8 Å². The van der Waals surface area contributed by atoms with Crippen LogP contribution < -0.4 is 10.5 Å². The van der Waals surface area contributed by atoms with Crippen LogP contribution in [0.5, 0.6) is 5.75 Å². The maximum Gasteiger partial charge on any atom is 0.124 e. The van der Waals surface area contributed by atoms with Crippen molar-refractivity contribution in [1.29, 1.82) is 0 Å². The fourth-order valence-electron chi connectivity index (χ4n) is 2.36. The second-order valence-electron chi connectivity index (χ2n) is 5.17. The first-order chi connectivity index (χ1) is 9.60.